The highest BCUT2D eigenvalue weighted by molar-refractivity contribution is 5.80. The van der Waals surface area contributed by atoms with Crippen molar-refractivity contribution in [1.29, 1.82) is 5.26 Å². The summed E-state index contributed by atoms with van der Waals surface area (Å²) >= 11 is 0. The summed E-state index contributed by atoms with van der Waals surface area (Å²) in [6.45, 7) is 5.19. The molecule has 0 saturated carbocycles. The van der Waals surface area contributed by atoms with Crippen molar-refractivity contribution in [3.63, 3.8) is 0 Å². The third-order valence-electron chi connectivity index (χ3n) is 8.10. The molecule has 0 spiro atoms. The molecule has 2 unspecified atom stereocenters. The number of nitrogens with one attached hydrogen (secondary N) is 1. The van der Waals surface area contributed by atoms with E-state index < -0.39 is 30.6 Å². The van der Waals surface area contributed by atoms with Gasteiger partial charge in [-0.1, -0.05) is 0 Å². The number of likely N-dealkylation sites (tertiary alicyclic amines) is 1. The number of nitrogens with zero attached hydrogens (tertiary/aromatic N) is 7. The van der Waals surface area contributed by atoms with E-state index in [1.807, 2.05) is 18.2 Å². The van der Waals surface area contributed by atoms with Gasteiger partial charge in [0.15, 0.2) is 6.10 Å². The van der Waals surface area contributed by atoms with E-state index >= 15 is 0 Å². The van der Waals surface area contributed by atoms with Crippen molar-refractivity contribution >= 4 is 23.4 Å². The van der Waals surface area contributed by atoms with E-state index in [-0.39, 0.29) is 30.2 Å². The molecule has 5 rings (SSSR count). The first-order valence-electron chi connectivity index (χ1n) is 14.6. The lowest BCUT2D eigenvalue weighted by Gasteiger charge is -2.39. The summed E-state index contributed by atoms with van der Waals surface area (Å²) in [6, 6.07) is 12.4. The van der Waals surface area contributed by atoms with Gasteiger partial charge in [-0.3, -0.25) is 4.79 Å². The normalized spacial score (nSPS) is 20.7. The molecule has 3 aromatic rings. The van der Waals surface area contributed by atoms with Gasteiger partial charge in [-0.15, -0.1) is 0 Å². The van der Waals surface area contributed by atoms with E-state index in [9.17, 15) is 23.9 Å². The van der Waals surface area contributed by atoms with Crippen molar-refractivity contribution in [2.75, 3.05) is 57.1 Å². The Hall–Kier alpha value is -4.61. The summed E-state index contributed by atoms with van der Waals surface area (Å²) in [6.07, 6.45) is -1.52. The fourth-order valence-corrected chi connectivity index (χ4v) is 5.40. The smallest absolute Gasteiger partial charge is 0.301 e. The number of pyridine rings is 1. The molecule has 2 fully saturated rings. The minimum absolute atomic E-state index is 0.000221. The van der Waals surface area contributed by atoms with Crippen molar-refractivity contribution in [2.24, 2.45) is 0 Å². The number of likely N-dealkylation sites (N-methyl/N-ethyl adjacent to an activating group) is 1. The summed E-state index contributed by atoms with van der Waals surface area (Å²) in [5, 5.41) is 22.4. The van der Waals surface area contributed by atoms with E-state index in [0.29, 0.717) is 29.0 Å². The number of hydrogen-bond acceptors (Lipinski definition) is 11. The minimum atomic E-state index is -3.38. The quantitative estimate of drug-likeness (QED) is 0.383. The third kappa shape index (κ3) is 7.05. The Bertz CT molecular complexity index is 1580. The van der Waals surface area contributed by atoms with Crippen LogP contribution in [0, 0.1) is 11.3 Å². The highest BCUT2D eigenvalue weighted by atomic mass is 19.3. The van der Waals surface area contributed by atoms with E-state index in [0.717, 1.165) is 30.2 Å². The van der Waals surface area contributed by atoms with E-state index in [1.165, 1.54) is 19.1 Å². The summed E-state index contributed by atoms with van der Waals surface area (Å²) in [5.74, 6) is -2.91. The highest BCUT2D eigenvalue weighted by Gasteiger charge is 2.48. The number of nitriles is 1. The molecule has 12 nitrogen and oxygen atoms in total. The van der Waals surface area contributed by atoms with Gasteiger partial charge in [0.2, 0.25) is 11.8 Å². The largest absolute Gasteiger partial charge is 0.483 e. The SMILES string of the molecule is COc1nc(Nc2nccc(-c3ccc(OC4CCN(C(=O)C(C)O)CC4(F)F)c(C#N)c3)n2)ccc1N1CCN(C)[C@@H](C)C1. The van der Waals surface area contributed by atoms with Gasteiger partial charge in [-0.2, -0.15) is 10.2 Å². The number of amides is 1. The molecule has 2 aliphatic heterocycles. The molecule has 0 bridgehead atoms. The maximum atomic E-state index is 14.9. The lowest BCUT2D eigenvalue weighted by Crippen LogP contribution is -2.56. The molecule has 2 saturated heterocycles. The monoisotopic (exact) mass is 622 g/mol. The summed E-state index contributed by atoms with van der Waals surface area (Å²) < 4.78 is 41.0. The van der Waals surface area contributed by atoms with Gasteiger partial charge >= 0.3 is 5.92 Å². The number of anilines is 3. The number of piperidine rings is 1. The van der Waals surface area contributed by atoms with Crippen LogP contribution < -0.4 is 19.7 Å². The Morgan fingerprint density at radius 1 is 1.20 bits per heavy atom. The Morgan fingerprint density at radius 2 is 2.00 bits per heavy atom. The lowest BCUT2D eigenvalue weighted by molar-refractivity contribution is -0.165. The molecule has 2 N–H and O–H groups in total. The Labute approximate surface area is 260 Å². The number of aliphatic hydroxyl groups excluding tert-OH is 1. The number of rotatable bonds is 8. The van der Waals surface area contributed by atoms with E-state index in [1.54, 1.807) is 25.4 Å². The number of piperazine rings is 1. The summed E-state index contributed by atoms with van der Waals surface area (Å²) in [4.78, 5) is 31.0. The number of methoxy groups -OCH3 is 1. The number of carbonyl (C=O) groups is 1. The van der Waals surface area contributed by atoms with Gasteiger partial charge in [0.1, 0.15) is 29.4 Å². The second-order valence-corrected chi connectivity index (χ2v) is 11.3. The lowest BCUT2D eigenvalue weighted by atomic mass is 10.0. The van der Waals surface area contributed by atoms with Crippen molar-refractivity contribution in [3.05, 3.63) is 48.2 Å². The van der Waals surface area contributed by atoms with Gasteiger partial charge in [-0.25, -0.2) is 18.7 Å². The minimum Gasteiger partial charge on any atom is -0.483 e. The fourth-order valence-electron chi connectivity index (χ4n) is 5.40. The number of aromatic nitrogens is 3. The number of ether oxygens (including phenoxy) is 2. The predicted octanol–water partition coefficient (Wildman–Crippen LogP) is 3.30. The maximum Gasteiger partial charge on any atom is 0.301 e. The van der Waals surface area contributed by atoms with Crippen LogP contribution in [0.2, 0.25) is 0 Å². The van der Waals surface area contributed by atoms with Crippen LogP contribution in [0.25, 0.3) is 11.3 Å². The predicted molar refractivity (Wildman–Crippen MR) is 163 cm³/mol. The van der Waals surface area contributed by atoms with Crippen LogP contribution in [-0.2, 0) is 4.79 Å². The van der Waals surface area contributed by atoms with Crippen LogP contribution in [0.5, 0.6) is 11.6 Å². The topological polar surface area (TPSA) is 140 Å². The first kappa shape index (κ1) is 31.8. The number of halogens is 2. The molecule has 1 amide bonds. The zero-order valence-corrected chi connectivity index (χ0v) is 25.6. The van der Waals surface area contributed by atoms with Gasteiger partial charge in [-0.05, 0) is 57.3 Å². The molecule has 45 heavy (non-hydrogen) atoms. The average Bonchev–Trinajstić information content (AvgIpc) is 3.03. The zero-order chi connectivity index (χ0) is 32.3. The molecule has 2 aliphatic rings. The Balaban J connectivity index is 1.30. The van der Waals surface area contributed by atoms with Crippen molar-refractivity contribution in [1.82, 2.24) is 24.8 Å². The summed E-state index contributed by atoms with van der Waals surface area (Å²) in [5.41, 5.74) is 2.00. The maximum absolute atomic E-state index is 14.9. The average molecular weight is 623 g/mol. The van der Waals surface area contributed by atoms with E-state index in [2.05, 4.69) is 44.0 Å². The van der Waals surface area contributed by atoms with E-state index in [4.69, 9.17) is 9.47 Å². The van der Waals surface area contributed by atoms with Crippen LogP contribution in [0.4, 0.5) is 26.2 Å². The molecule has 2 aromatic heterocycles. The molecule has 4 heterocycles. The fraction of sp³-hybridized carbons (Fsp3) is 0.452. The van der Waals surface area contributed by atoms with Crippen LogP contribution in [0.15, 0.2) is 42.6 Å². The van der Waals surface area contributed by atoms with Crippen molar-refractivity contribution in [3.8, 4) is 29.0 Å². The number of alkyl halides is 2. The Kier molecular flexibility index (Phi) is 9.31. The van der Waals surface area contributed by atoms with Gasteiger partial charge in [0.05, 0.1) is 24.9 Å². The molecular weight excluding hydrogens is 586 g/mol. The van der Waals surface area contributed by atoms with Crippen LogP contribution in [0.3, 0.4) is 0 Å². The number of aliphatic hydroxyl groups is 1. The zero-order valence-electron chi connectivity index (χ0n) is 25.6. The molecule has 1 aromatic carbocycles. The second kappa shape index (κ2) is 13.2. The third-order valence-corrected chi connectivity index (χ3v) is 8.10. The molecule has 0 radical (unpaired) electrons. The molecule has 238 valence electrons. The van der Waals surface area contributed by atoms with Gasteiger partial charge in [0, 0.05) is 50.4 Å². The van der Waals surface area contributed by atoms with Crippen LogP contribution in [0.1, 0.15) is 25.8 Å². The van der Waals surface area contributed by atoms with Crippen molar-refractivity contribution < 1.29 is 28.2 Å². The number of carbonyl (C=O) groups excluding carboxylic acids is 1. The second-order valence-electron chi connectivity index (χ2n) is 11.3. The number of benzene rings is 1. The first-order chi connectivity index (χ1) is 21.5. The first-order valence-corrected chi connectivity index (χ1v) is 14.6. The standard InChI is InChI=1S/C31H36F2N8O4/c1-19-17-40(14-13-39(19)3)24-6-8-27(37-28(24)44-4)38-30-35-11-9-23(36-30)21-5-7-25(22(15-21)16-34)45-26-10-12-41(18-31(26,32)33)29(43)20(2)42/h5-9,11,15,19-20,26,42H,10,12-14,17-18H2,1-4H3,(H,35,36,37,38)/t19-,20?,26?/m0/s1. The molecule has 14 heteroatoms. The van der Waals surface area contributed by atoms with Crippen LogP contribution >= 0.6 is 0 Å². The Morgan fingerprint density at radius 3 is 2.69 bits per heavy atom. The highest BCUT2D eigenvalue weighted by Crippen LogP contribution is 2.34. The molecular formula is C31H36F2N8O4. The number of hydrogen-bond donors (Lipinski definition) is 2. The van der Waals surface area contributed by atoms with Crippen LogP contribution in [-0.4, -0.2) is 107 Å². The molecule has 3 atom stereocenters. The summed E-state index contributed by atoms with van der Waals surface area (Å²) in [7, 11) is 3.69. The van der Waals surface area contributed by atoms with Gasteiger partial charge < -0.3 is 34.6 Å². The van der Waals surface area contributed by atoms with Crippen molar-refractivity contribution in [2.45, 2.75) is 44.4 Å². The molecule has 0 aliphatic carbocycles. The van der Waals surface area contributed by atoms with Gasteiger partial charge in [0.25, 0.3) is 5.91 Å².